The van der Waals surface area contributed by atoms with Gasteiger partial charge in [-0.3, -0.25) is 9.59 Å². The average molecular weight is 411 g/mol. The van der Waals surface area contributed by atoms with Gasteiger partial charge in [0.1, 0.15) is 11.8 Å². The molecule has 0 bridgehead atoms. The number of benzene rings is 3. The summed E-state index contributed by atoms with van der Waals surface area (Å²) >= 11 is 0. The largest absolute Gasteiger partial charge is 0.479 e. The van der Waals surface area contributed by atoms with Crippen LogP contribution in [0.25, 0.3) is 6.08 Å². The molecule has 3 aromatic carbocycles. The standard InChI is InChI=1S/C25H21N3O3/c26-16-17-31-21-13-10-19(11-14-21)12-15-24(29)28-23-9-5-4-8-22(23)25(30)27-18-20-6-2-1-3-7-20/h1-15H,17-18H2,(H,27,30)(H,28,29)/b15-12+. The maximum atomic E-state index is 12.6. The molecule has 0 saturated carbocycles. The quantitative estimate of drug-likeness (QED) is 0.544. The Hall–Kier alpha value is -4.37. The predicted octanol–water partition coefficient (Wildman–Crippen LogP) is 4.17. The average Bonchev–Trinajstić information content (AvgIpc) is 2.81. The van der Waals surface area contributed by atoms with E-state index in [0.717, 1.165) is 11.1 Å². The van der Waals surface area contributed by atoms with Gasteiger partial charge in [-0.2, -0.15) is 5.26 Å². The monoisotopic (exact) mass is 411 g/mol. The number of rotatable bonds is 8. The Morgan fingerprint density at radius 1 is 0.935 bits per heavy atom. The van der Waals surface area contributed by atoms with Crippen LogP contribution in [0.15, 0.2) is 84.9 Å². The Kier molecular flexibility index (Phi) is 7.56. The number of amides is 2. The number of anilines is 1. The van der Waals surface area contributed by atoms with E-state index in [1.165, 1.54) is 6.08 Å². The number of hydrogen-bond donors (Lipinski definition) is 2. The van der Waals surface area contributed by atoms with E-state index in [2.05, 4.69) is 10.6 Å². The molecule has 0 heterocycles. The minimum atomic E-state index is -0.354. The van der Waals surface area contributed by atoms with Crippen LogP contribution in [0.1, 0.15) is 21.5 Å². The van der Waals surface area contributed by atoms with Crippen LogP contribution in [-0.4, -0.2) is 18.4 Å². The van der Waals surface area contributed by atoms with Crippen LogP contribution in [-0.2, 0) is 11.3 Å². The van der Waals surface area contributed by atoms with E-state index in [0.29, 0.717) is 23.5 Å². The number of nitriles is 1. The Bertz CT molecular complexity index is 1100. The molecular formula is C25H21N3O3. The summed E-state index contributed by atoms with van der Waals surface area (Å²) in [6, 6.07) is 25.4. The van der Waals surface area contributed by atoms with Gasteiger partial charge in [-0.05, 0) is 41.5 Å². The molecule has 0 aliphatic carbocycles. The number of carbonyl (C=O) groups excluding carboxylic acids is 2. The van der Waals surface area contributed by atoms with E-state index < -0.39 is 0 Å². The van der Waals surface area contributed by atoms with Crippen LogP contribution >= 0.6 is 0 Å². The van der Waals surface area contributed by atoms with Crippen molar-refractivity contribution in [2.75, 3.05) is 11.9 Å². The summed E-state index contributed by atoms with van der Waals surface area (Å²) in [5, 5.41) is 14.1. The summed E-state index contributed by atoms with van der Waals surface area (Å²) in [5.41, 5.74) is 2.61. The molecule has 0 radical (unpaired) electrons. The predicted molar refractivity (Wildman–Crippen MR) is 119 cm³/mol. The molecule has 2 amide bonds. The number of nitrogens with zero attached hydrogens (tertiary/aromatic N) is 1. The molecule has 0 spiro atoms. The van der Waals surface area contributed by atoms with Crippen LogP contribution in [0.2, 0.25) is 0 Å². The van der Waals surface area contributed by atoms with Gasteiger partial charge in [0.2, 0.25) is 5.91 Å². The minimum absolute atomic E-state index is 0.0179. The smallest absolute Gasteiger partial charge is 0.253 e. The van der Waals surface area contributed by atoms with E-state index in [1.54, 1.807) is 54.6 Å². The SMILES string of the molecule is N#CCOc1ccc(/C=C/C(=O)Nc2ccccc2C(=O)NCc2ccccc2)cc1. The summed E-state index contributed by atoms with van der Waals surface area (Å²) in [5.74, 6) is -0.0385. The molecule has 0 aromatic heterocycles. The van der Waals surface area contributed by atoms with Gasteiger partial charge < -0.3 is 15.4 Å². The molecule has 0 saturated heterocycles. The van der Waals surface area contributed by atoms with Gasteiger partial charge in [0.05, 0.1) is 11.3 Å². The highest BCUT2D eigenvalue weighted by Gasteiger charge is 2.12. The number of nitrogens with one attached hydrogen (secondary N) is 2. The van der Waals surface area contributed by atoms with Gasteiger partial charge in [0.15, 0.2) is 6.61 Å². The van der Waals surface area contributed by atoms with Crippen molar-refractivity contribution in [3.05, 3.63) is 102 Å². The number of carbonyl (C=O) groups is 2. The van der Waals surface area contributed by atoms with Gasteiger partial charge in [-0.1, -0.05) is 54.6 Å². The van der Waals surface area contributed by atoms with Crippen molar-refractivity contribution in [2.45, 2.75) is 6.54 Å². The lowest BCUT2D eigenvalue weighted by atomic mass is 10.1. The van der Waals surface area contributed by atoms with Crippen molar-refractivity contribution in [3.63, 3.8) is 0 Å². The molecule has 3 rings (SSSR count). The fraction of sp³-hybridized carbons (Fsp3) is 0.0800. The fourth-order valence-corrected chi connectivity index (χ4v) is 2.80. The van der Waals surface area contributed by atoms with Crippen LogP contribution in [0.4, 0.5) is 5.69 Å². The highest BCUT2D eigenvalue weighted by molar-refractivity contribution is 6.07. The van der Waals surface area contributed by atoms with Crippen molar-refractivity contribution < 1.29 is 14.3 Å². The zero-order valence-corrected chi connectivity index (χ0v) is 16.7. The minimum Gasteiger partial charge on any atom is -0.479 e. The molecule has 0 fully saturated rings. The zero-order chi connectivity index (χ0) is 21.9. The van der Waals surface area contributed by atoms with Crippen LogP contribution in [0, 0.1) is 11.3 Å². The molecule has 0 atom stereocenters. The Labute approximate surface area is 180 Å². The van der Waals surface area contributed by atoms with Gasteiger partial charge in [-0.25, -0.2) is 0 Å². The van der Waals surface area contributed by atoms with Crippen molar-refractivity contribution in [2.24, 2.45) is 0 Å². The Balaban J connectivity index is 1.60. The normalized spacial score (nSPS) is 10.3. The maximum absolute atomic E-state index is 12.6. The highest BCUT2D eigenvalue weighted by Crippen LogP contribution is 2.16. The zero-order valence-electron chi connectivity index (χ0n) is 16.7. The number of para-hydroxylation sites is 1. The van der Waals surface area contributed by atoms with Crippen molar-refractivity contribution in [1.29, 1.82) is 5.26 Å². The third kappa shape index (κ3) is 6.58. The molecule has 0 aliphatic heterocycles. The van der Waals surface area contributed by atoms with Crippen molar-refractivity contribution >= 4 is 23.6 Å². The lowest BCUT2D eigenvalue weighted by Crippen LogP contribution is -2.24. The summed E-state index contributed by atoms with van der Waals surface area (Å²) in [7, 11) is 0. The third-order valence-electron chi connectivity index (χ3n) is 4.34. The summed E-state index contributed by atoms with van der Waals surface area (Å²) in [6.07, 6.45) is 3.05. The molecule has 31 heavy (non-hydrogen) atoms. The summed E-state index contributed by atoms with van der Waals surface area (Å²) < 4.78 is 5.20. The highest BCUT2D eigenvalue weighted by atomic mass is 16.5. The third-order valence-corrected chi connectivity index (χ3v) is 4.34. The van der Waals surface area contributed by atoms with E-state index in [4.69, 9.17) is 10.00 Å². The van der Waals surface area contributed by atoms with Gasteiger partial charge in [0.25, 0.3) is 5.91 Å². The first kappa shape index (κ1) is 21.3. The van der Waals surface area contributed by atoms with E-state index >= 15 is 0 Å². The topological polar surface area (TPSA) is 91.2 Å². The van der Waals surface area contributed by atoms with Crippen LogP contribution < -0.4 is 15.4 Å². The molecule has 0 unspecified atom stereocenters. The van der Waals surface area contributed by atoms with E-state index in [9.17, 15) is 9.59 Å². The van der Waals surface area contributed by atoms with Crippen LogP contribution in [0.5, 0.6) is 5.75 Å². The second-order valence-electron chi connectivity index (χ2n) is 6.55. The molecule has 154 valence electrons. The first-order valence-corrected chi connectivity index (χ1v) is 9.66. The van der Waals surface area contributed by atoms with Crippen molar-refractivity contribution in [3.8, 4) is 11.8 Å². The van der Waals surface area contributed by atoms with Crippen LogP contribution in [0.3, 0.4) is 0 Å². The first-order valence-electron chi connectivity index (χ1n) is 9.66. The second kappa shape index (κ2) is 11.0. The lowest BCUT2D eigenvalue weighted by Gasteiger charge is -2.10. The molecule has 3 aromatic rings. The molecule has 0 aliphatic rings. The molecular weight excluding hydrogens is 390 g/mol. The maximum Gasteiger partial charge on any atom is 0.253 e. The Morgan fingerprint density at radius 3 is 2.39 bits per heavy atom. The molecule has 6 heteroatoms. The number of ether oxygens (including phenoxy) is 1. The summed E-state index contributed by atoms with van der Waals surface area (Å²) in [6.45, 7) is 0.381. The first-order chi connectivity index (χ1) is 15.2. The Morgan fingerprint density at radius 2 is 1.65 bits per heavy atom. The molecule has 2 N–H and O–H groups in total. The van der Waals surface area contributed by atoms with Gasteiger partial charge in [-0.15, -0.1) is 0 Å². The van der Waals surface area contributed by atoms with Gasteiger partial charge >= 0.3 is 0 Å². The van der Waals surface area contributed by atoms with E-state index in [1.807, 2.05) is 36.4 Å². The van der Waals surface area contributed by atoms with Crippen molar-refractivity contribution in [1.82, 2.24) is 5.32 Å². The fourth-order valence-electron chi connectivity index (χ4n) is 2.80. The van der Waals surface area contributed by atoms with Gasteiger partial charge in [0, 0.05) is 12.6 Å². The lowest BCUT2D eigenvalue weighted by molar-refractivity contribution is -0.111. The summed E-state index contributed by atoms with van der Waals surface area (Å²) in [4.78, 5) is 25.0. The second-order valence-corrected chi connectivity index (χ2v) is 6.55. The number of hydrogen-bond acceptors (Lipinski definition) is 4. The molecule has 6 nitrogen and oxygen atoms in total. The van der Waals surface area contributed by atoms with E-state index in [-0.39, 0.29) is 18.4 Å².